The third-order valence-electron chi connectivity index (χ3n) is 1.72. The van der Waals surface area contributed by atoms with Crippen molar-refractivity contribution in [2.45, 2.75) is 0 Å². The van der Waals surface area contributed by atoms with Gasteiger partial charge in [0.2, 0.25) is 5.88 Å². The molecule has 0 unspecified atom stereocenters. The van der Waals surface area contributed by atoms with Crippen molar-refractivity contribution in [3.05, 3.63) is 48.7 Å². The summed E-state index contributed by atoms with van der Waals surface area (Å²) in [5.74, 6) is 1.31. The third-order valence-corrected chi connectivity index (χ3v) is 1.72. The number of para-hydroxylation sites is 1. The molecule has 0 saturated carbocycles. The molecule has 2 aromatic rings. The van der Waals surface area contributed by atoms with Gasteiger partial charge < -0.3 is 4.74 Å². The second-order valence-corrected chi connectivity index (χ2v) is 2.84. The molecular formula is C11H8BNO. The van der Waals surface area contributed by atoms with Gasteiger partial charge in [-0.15, -0.1) is 0 Å². The SMILES string of the molecule is [B]c1ccc(Oc2ccccc2)nc1. The minimum absolute atomic E-state index is 0.547. The van der Waals surface area contributed by atoms with Crippen molar-refractivity contribution in [3.8, 4) is 11.6 Å². The van der Waals surface area contributed by atoms with Crippen molar-refractivity contribution in [2.24, 2.45) is 0 Å². The summed E-state index contributed by atoms with van der Waals surface area (Å²) < 4.78 is 5.47. The molecule has 1 aromatic carbocycles. The summed E-state index contributed by atoms with van der Waals surface area (Å²) in [6.45, 7) is 0. The molecule has 1 heterocycles. The van der Waals surface area contributed by atoms with Crippen molar-refractivity contribution in [2.75, 3.05) is 0 Å². The van der Waals surface area contributed by atoms with Gasteiger partial charge in [0.25, 0.3) is 0 Å². The molecule has 0 fully saturated rings. The Bertz CT molecular complexity index is 399. The van der Waals surface area contributed by atoms with Crippen molar-refractivity contribution >= 4 is 13.3 Å². The van der Waals surface area contributed by atoms with E-state index in [4.69, 9.17) is 12.6 Å². The van der Waals surface area contributed by atoms with Crippen LogP contribution in [0.15, 0.2) is 48.7 Å². The van der Waals surface area contributed by atoms with Crippen LogP contribution in [0, 0.1) is 0 Å². The Morgan fingerprint density at radius 1 is 1.00 bits per heavy atom. The molecule has 0 saturated heterocycles. The van der Waals surface area contributed by atoms with Crippen LogP contribution in [-0.2, 0) is 0 Å². The third kappa shape index (κ3) is 2.13. The largest absolute Gasteiger partial charge is 0.439 e. The van der Waals surface area contributed by atoms with Gasteiger partial charge in [-0.1, -0.05) is 29.7 Å². The van der Waals surface area contributed by atoms with E-state index in [0.717, 1.165) is 5.75 Å². The molecule has 1 aromatic heterocycles. The fourth-order valence-corrected chi connectivity index (χ4v) is 1.06. The zero-order chi connectivity index (χ0) is 9.80. The summed E-state index contributed by atoms with van der Waals surface area (Å²) in [6, 6.07) is 13.0. The molecule has 0 bridgehead atoms. The second kappa shape index (κ2) is 3.96. The van der Waals surface area contributed by atoms with Crippen molar-refractivity contribution in [1.82, 2.24) is 4.98 Å². The number of aromatic nitrogens is 1. The minimum Gasteiger partial charge on any atom is -0.439 e. The number of pyridine rings is 1. The predicted octanol–water partition coefficient (Wildman–Crippen LogP) is 1.67. The summed E-state index contributed by atoms with van der Waals surface area (Å²) in [6.07, 6.45) is 1.57. The van der Waals surface area contributed by atoms with Crippen molar-refractivity contribution in [3.63, 3.8) is 0 Å². The fourth-order valence-electron chi connectivity index (χ4n) is 1.06. The van der Waals surface area contributed by atoms with Crippen LogP contribution in [0.3, 0.4) is 0 Å². The molecule has 0 aliphatic heterocycles. The van der Waals surface area contributed by atoms with E-state index in [-0.39, 0.29) is 0 Å². The van der Waals surface area contributed by atoms with Crippen LogP contribution >= 0.6 is 0 Å². The van der Waals surface area contributed by atoms with Gasteiger partial charge in [0.05, 0.1) is 0 Å². The average molecular weight is 181 g/mol. The Labute approximate surface area is 84.0 Å². The fraction of sp³-hybridized carbons (Fsp3) is 0. The van der Waals surface area contributed by atoms with Gasteiger partial charge in [-0.05, 0) is 12.1 Å². The maximum atomic E-state index is 5.50. The monoisotopic (exact) mass is 181 g/mol. The molecule has 66 valence electrons. The van der Waals surface area contributed by atoms with E-state index in [0.29, 0.717) is 11.3 Å². The smallest absolute Gasteiger partial charge is 0.219 e. The van der Waals surface area contributed by atoms with Gasteiger partial charge >= 0.3 is 0 Å². The summed E-state index contributed by atoms with van der Waals surface area (Å²) in [5, 5.41) is 0. The van der Waals surface area contributed by atoms with Gasteiger partial charge in [-0.3, -0.25) is 0 Å². The number of hydrogen-bond donors (Lipinski definition) is 0. The Kier molecular flexibility index (Phi) is 2.50. The minimum atomic E-state index is 0.547. The Morgan fingerprint density at radius 3 is 2.43 bits per heavy atom. The maximum absolute atomic E-state index is 5.50. The van der Waals surface area contributed by atoms with Gasteiger partial charge in [0.1, 0.15) is 13.6 Å². The average Bonchev–Trinajstić information content (AvgIpc) is 2.23. The lowest BCUT2D eigenvalue weighted by atomic mass is 9.99. The topological polar surface area (TPSA) is 22.1 Å². The van der Waals surface area contributed by atoms with E-state index < -0.39 is 0 Å². The van der Waals surface area contributed by atoms with Gasteiger partial charge in [0.15, 0.2) is 0 Å². The highest BCUT2D eigenvalue weighted by atomic mass is 16.5. The number of hydrogen-bond acceptors (Lipinski definition) is 2. The van der Waals surface area contributed by atoms with Crippen LogP contribution in [-0.4, -0.2) is 12.8 Å². The Hall–Kier alpha value is -1.77. The number of rotatable bonds is 2. The molecule has 3 heteroatoms. The first-order valence-corrected chi connectivity index (χ1v) is 4.29. The van der Waals surface area contributed by atoms with Crippen LogP contribution in [0.25, 0.3) is 0 Å². The lowest BCUT2D eigenvalue weighted by Gasteiger charge is -2.03. The normalized spacial score (nSPS) is 9.71. The molecule has 2 nitrogen and oxygen atoms in total. The van der Waals surface area contributed by atoms with Crippen LogP contribution in [0.4, 0.5) is 0 Å². The first kappa shape index (κ1) is 8.82. The first-order valence-electron chi connectivity index (χ1n) is 4.29. The zero-order valence-corrected chi connectivity index (χ0v) is 7.55. The van der Waals surface area contributed by atoms with E-state index >= 15 is 0 Å². The zero-order valence-electron chi connectivity index (χ0n) is 7.55. The van der Waals surface area contributed by atoms with Crippen LogP contribution in [0.1, 0.15) is 0 Å². The van der Waals surface area contributed by atoms with E-state index in [9.17, 15) is 0 Å². The van der Waals surface area contributed by atoms with E-state index in [1.807, 2.05) is 30.3 Å². The second-order valence-electron chi connectivity index (χ2n) is 2.84. The highest BCUT2D eigenvalue weighted by Crippen LogP contribution is 2.16. The summed E-state index contributed by atoms with van der Waals surface area (Å²) in [4.78, 5) is 4.03. The molecular weight excluding hydrogens is 173 g/mol. The maximum Gasteiger partial charge on any atom is 0.219 e. The molecule has 2 rings (SSSR count). The van der Waals surface area contributed by atoms with Gasteiger partial charge in [0, 0.05) is 12.3 Å². The van der Waals surface area contributed by atoms with E-state index in [1.54, 1.807) is 18.3 Å². The molecule has 0 spiro atoms. The Morgan fingerprint density at radius 2 is 1.79 bits per heavy atom. The van der Waals surface area contributed by atoms with E-state index in [2.05, 4.69) is 4.98 Å². The number of nitrogens with zero attached hydrogens (tertiary/aromatic N) is 1. The molecule has 14 heavy (non-hydrogen) atoms. The molecule has 0 aliphatic carbocycles. The predicted molar refractivity (Wildman–Crippen MR) is 56.1 cm³/mol. The standard InChI is InChI=1S/C11H8BNO/c12-9-6-7-11(13-8-9)14-10-4-2-1-3-5-10/h1-8H. The highest BCUT2D eigenvalue weighted by Gasteiger charge is 1.95. The quantitative estimate of drug-likeness (QED) is 0.657. The number of ether oxygens (including phenoxy) is 1. The van der Waals surface area contributed by atoms with Crippen LogP contribution in [0.5, 0.6) is 11.6 Å². The number of benzene rings is 1. The van der Waals surface area contributed by atoms with Crippen LogP contribution in [0.2, 0.25) is 0 Å². The first-order chi connectivity index (χ1) is 6.84. The molecule has 0 atom stereocenters. The van der Waals surface area contributed by atoms with E-state index in [1.165, 1.54) is 0 Å². The summed E-state index contributed by atoms with van der Waals surface area (Å²) in [5.41, 5.74) is 0.630. The van der Waals surface area contributed by atoms with Gasteiger partial charge in [-0.2, -0.15) is 0 Å². The lowest BCUT2D eigenvalue weighted by Crippen LogP contribution is -2.02. The highest BCUT2D eigenvalue weighted by molar-refractivity contribution is 6.32. The molecule has 0 N–H and O–H groups in total. The lowest BCUT2D eigenvalue weighted by molar-refractivity contribution is 0.463. The molecule has 2 radical (unpaired) electrons. The van der Waals surface area contributed by atoms with Crippen molar-refractivity contribution < 1.29 is 4.74 Å². The van der Waals surface area contributed by atoms with Crippen LogP contribution < -0.4 is 10.2 Å². The summed E-state index contributed by atoms with van der Waals surface area (Å²) >= 11 is 0. The summed E-state index contributed by atoms with van der Waals surface area (Å²) in [7, 11) is 5.50. The molecule has 0 amide bonds. The van der Waals surface area contributed by atoms with Gasteiger partial charge in [-0.25, -0.2) is 4.98 Å². The van der Waals surface area contributed by atoms with Crippen molar-refractivity contribution in [1.29, 1.82) is 0 Å². The molecule has 0 aliphatic rings. The Balaban J connectivity index is 2.16.